The maximum absolute atomic E-state index is 14.1. The van der Waals surface area contributed by atoms with Crippen LogP contribution >= 0.6 is 22.7 Å². The molecule has 0 saturated carbocycles. The number of carbonyl (C=O) groups is 1. The normalized spacial score (nSPS) is 12.5. The summed E-state index contributed by atoms with van der Waals surface area (Å²) in [5, 5.41) is 11.0. The zero-order chi connectivity index (χ0) is 22.0. The van der Waals surface area contributed by atoms with E-state index in [-0.39, 0.29) is 17.6 Å². The highest BCUT2D eigenvalue weighted by molar-refractivity contribution is 7.15. The fourth-order valence-electron chi connectivity index (χ4n) is 3.62. The lowest BCUT2D eigenvalue weighted by molar-refractivity contribution is -0.124. The minimum atomic E-state index is -0.866. The Bertz CT molecular complexity index is 1180. The van der Waals surface area contributed by atoms with E-state index in [0.717, 1.165) is 20.9 Å². The second-order valence-electron chi connectivity index (χ2n) is 7.98. The van der Waals surface area contributed by atoms with Crippen LogP contribution in [-0.2, 0) is 4.79 Å². The van der Waals surface area contributed by atoms with Crippen LogP contribution in [0.1, 0.15) is 35.8 Å². The first-order valence-corrected chi connectivity index (χ1v) is 11.5. The molecule has 0 aliphatic carbocycles. The van der Waals surface area contributed by atoms with Gasteiger partial charge in [0.1, 0.15) is 11.3 Å². The van der Waals surface area contributed by atoms with Gasteiger partial charge in [0.15, 0.2) is 0 Å². The Hall–Kier alpha value is -2.90. The third kappa shape index (κ3) is 4.57. The Morgan fingerprint density at radius 2 is 1.87 bits per heavy atom. The third-order valence-corrected chi connectivity index (χ3v) is 7.12. The van der Waals surface area contributed by atoms with Gasteiger partial charge < -0.3 is 5.32 Å². The SMILES string of the molecule is Cc1ccc(-c2ccc([C@@H](c3cccc(F)c3)C(C)(C)C(=O)Nc3nncs3)s2)cc1. The number of halogens is 1. The van der Waals surface area contributed by atoms with Crippen LogP contribution in [0.15, 0.2) is 66.2 Å². The molecule has 2 aromatic heterocycles. The molecule has 0 radical (unpaired) electrons. The first-order valence-electron chi connectivity index (χ1n) is 9.84. The van der Waals surface area contributed by atoms with Gasteiger partial charge >= 0.3 is 0 Å². The molecule has 4 rings (SSSR count). The molecule has 158 valence electrons. The molecule has 0 spiro atoms. The molecule has 4 aromatic rings. The van der Waals surface area contributed by atoms with Crippen LogP contribution in [0.4, 0.5) is 9.52 Å². The van der Waals surface area contributed by atoms with E-state index in [0.29, 0.717) is 5.13 Å². The topological polar surface area (TPSA) is 54.9 Å². The van der Waals surface area contributed by atoms with Crippen molar-refractivity contribution in [2.75, 3.05) is 5.32 Å². The van der Waals surface area contributed by atoms with Gasteiger partial charge in [0, 0.05) is 15.7 Å². The molecule has 2 heterocycles. The summed E-state index contributed by atoms with van der Waals surface area (Å²) in [6.45, 7) is 5.82. The first-order chi connectivity index (χ1) is 14.8. The fourth-order valence-corrected chi connectivity index (χ4v) is 5.39. The van der Waals surface area contributed by atoms with E-state index in [1.165, 1.54) is 29.0 Å². The average Bonchev–Trinajstić information content (AvgIpc) is 3.41. The van der Waals surface area contributed by atoms with E-state index in [9.17, 15) is 9.18 Å². The standard InChI is InChI=1S/C24H22FN3OS2/c1-15-7-9-16(10-8-15)19-11-12-20(31-19)21(17-5-4-6-18(25)13-17)24(2,3)22(29)27-23-28-26-14-30-23/h4-14,21H,1-3H3,(H,27,28,29)/t21-/m1/s1. The lowest BCUT2D eigenvalue weighted by Crippen LogP contribution is -2.36. The van der Waals surface area contributed by atoms with Crippen LogP contribution in [-0.4, -0.2) is 16.1 Å². The Labute approximate surface area is 188 Å². The van der Waals surface area contributed by atoms with Crippen molar-refractivity contribution in [1.82, 2.24) is 10.2 Å². The number of aromatic nitrogens is 2. The van der Waals surface area contributed by atoms with Gasteiger partial charge in [0.2, 0.25) is 11.0 Å². The number of rotatable bonds is 6. The van der Waals surface area contributed by atoms with Crippen LogP contribution in [0.25, 0.3) is 10.4 Å². The van der Waals surface area contributed by atoms with Crippen LogP contribution < -0.4 is 5.32 Å². The molecule has 0 unspecified atom stereocenters. The highest BCUT2D eigenvalue weighted by Crippen LogP contribution is 2.46. The van der Waals surface area contributed by atoms with Crippen molar-refractivity contribution in [2.24, 2.45) is 5.41 Å². The molecular formula is C24H22FN3OS2. The van der Waals surface area contributed by atoms with Gasteiger partial charge in [0.25, 0.3) is 0 Å². The quantitative estimate of drug-likeness (QED) is 0.363. The van der Waals surface area contributed by atoms with Gasteiger partial charge in [-0.2, -0.15) is 0 Å². The van der Waals surface area contributed by atoms with Crippen molar-refractivity contribution in [3.63, 3.8) is 0 Å². The predicted octanol–water partition coefficient (Wildman–Crippen LogP) is 6.51. The number of anilines is 1. The number of nitrogens with zero attached hydrogens (tertiary/aromatic N) is 2. The summed E-state index contributed by atoms with van der Waals surface area (Å²) in [5.74, 6) is -0.845. The lowest BCUT2D eigenvalue weighted by Gasteiger charge is -2.32. The Kier molecular flexibility index (Phi) is 5.98. The summed E-state index contributed by atoms with van der Waals surface area (Å²) in [6.07, 6.45) is 0. The molecule has 0 saturated heterocycles. The van der Waals surface area contributed by atoms with Crippen LogP contribution in [0, 0.1) is 18.2 Å². The van der Waals surface area contributed by atoms with Gasteiger partial charge in [-0.1, -0.05) is 67.1 Å². The van der Waals surface area contributed by atoms with Gasteiger partial charge in [-0.25, -0.2) is 4.39 Å². The number of amides is 1. The largest absolute Gasteiger partial charge is 0.300 e. The summed E-state index contributed by atoms with van der Waals surface area (Å²) in [5.41, 5.74) is 3.78. The number of aryl methyl sites for hydroxylation is 1. The van der Waals surface area contributed by atoms with Gasteiger partial charge in [-0.3, -0.25) is 4.79 Å². The molecule has 0 aliphatic heterocycles. The maximum atomic E-state index is 14.1. The molecule has 31 heavy (non-hydrogen) atoms. The molecule has 7 heteroatoms. The van der Waals surface area contributed by atoms with Crippen molar-refractivity contribution in [3.05, 3.63) is 88.0 Å². The van der Waals surface area contributed by atoms with Crippen molar-refractivity contribution in [2.45, 2.75) is 26.7 Å². The Balaban J connectivity index is 1.74. The predicted molar refractivity (Wildman–Crippen MR) is 125 cm³/mol. The van der Waals surface area contributed by atoms with E-state index in [1.807, 2.05) is 26.0 Å². The molecule has 0 fully saturated rings. The number of thiophene rings is 1. The van der Waals surface area contributed by atoms with Gasteiger partial charge in [-0.05, 0) is 42.3 Å². The molecule has 2 aromatic carbocycles. The summed E-state index contributed by atoms with van der Waals surface area (Å²) >= 11 is 2.89. The average molecular weight is 452 g/mol. The van der Waals surface area contributed by atoms with Crippen molar-refractivity contribution >= 4 is 33.7 Å². The second-order valence-corrected chi connectivity index (χ2v) is 9.92. The number of benzene rings is 2. The molecule has 1 N–H and O–H groups in total. The highest BCUT2D eigenvalue weighted by Gasteiger charge is 2.40. The summed E-state index contributed by atoms with van der Waals surface area (Å²) < 4.78 is 14.1. The molecule has 1 amide bonds. The van der Waals surface area contributed by atoms with Crippen molar-refractivity contribution in [3.8, 4) is 10.4 Å². The fraction of sp³-hybridized carbons (Fsp3) is 0.208. The van der Waals surface area contributed by atoms with Gasteiger partial charge in [0.05, 0.1) is 5.41 Å². The number of carbonyl (C=O) groups excluding carboxylic acids is 1. The van der Waals surface area contributed by atoms with E-state index >= 15 is 0 Å². The zero-order valence-electron chi connectivity index (χ0n) is 17.4. The van der Waals surface area contributed by atoms with Crippen LogP contribution in [0.3, 0.4) is 0 Å². The minimum absolute atomic E-state index is 0.191. The summed E-state index contributed by atoms with van der Waals surface area (Å²) in [7, 11) is 0. The van der Waals surface area contributed by atoms with E-state index in [2.05, 4.69) is 52.8 Å². The molecule has 0 aliphatic rings. The second kappa shape index (κ2) is 8.69. The smallest absolute Gasteiger partial charge is 0.232 e. The number of hydrogen-bond donors (Lipinski definition) is 1. The van der Waals surface area contributed by atoms with Crippen LogP contribution in [0.2, 0.25) is 0 Å². The first kappa shape index (κ1) is 21.3. The van der Waals surface area contributed by atoms with Crippen molar-refractivity contribution in [1.29, 1.82) is 0 Å². The summed E-state index contributed by atoms with van der Waals surface area (Å²) in [6, 6.07) is 18.9. The number of hydrogen-bond acceptors (Lipinski definition) is 5. The van der Waals surface area contributed by atoms with Crippen molar-refractivity contribution < 1.29 is 9.18 Å². The summed E-state index contributed by atoms with van der Waals surface area (Å²) in [4.78, 5) is 15.4. The molecule has 1 atom stereocenters. The minimum Gasteiger partial charge on any atom is -0.300 e. The molecule has 0 bridgehead atoms. The van der Waals surface area contributed by atoms with E-state index in [1.54, 1.807) is 22.9 Å². The molecule has 4 nitrogen and oxygen atoms in total. The van der Waals surface area contributed by atoms with Gasteiger partial charge in [-0.15, -0.1) is 21.5 Å². The maximum Gasteiger partial charge on any atom is 0.232 e. The number of nitrogens with one attached hydrogen (secondary N) is 1. The molecular weight excluding hydrogens is 429 g/mol. The third-order valence-electron chi connectivity index (χ3n) is 5.32. The Morgan fingerprint density at radius 3 is 2.55 bits per heavy atom. The van der Waals surface area contributed by atoms with Crippen LogP contribution in [0.5, 0.6) is 0 Å². The highest BCUT2D eigenvalue weighted by atomic mass is 32.1. The Morgan fingerprint density at radius 1 is 1.10 bits per heavy atom. The lowest BCUT2D eigenvalue weighted by atomic mass is 9.73. The zero-order valence-corrected chi connectivity index (χ0v) is 19.1. The monoisotopic (exact) mass is 451 g/mol. The van der Waals surface area contributed by atoms with E-state index < -0.39 is 5.41 Å². The van der Waals surface area contributed by atoms with E-state index in [4.69, 9.17) is 0 Å².